The molecule has 1 atom stereocenters. The van der Waals surface area contributed by atoms with Crippen LogP contribution in [0.25, 0.3) is 0 Å². The Morgan fingerprint density at radius 2 is 2.17 bits per heavy atom. The van der Waals surface area contributed by atoms with Crippen LogP contribution in [-0.4, -0.2) is 5.84 Å². The summed E-state index contributed by atoms with van der Waals surface area (Å²) >= 11 is 5.47. The lowest BCUT2D eigenvalue weighted by Crippen LogP contribution is -2.17. The van der Waals surface area contributed by atoms with Gasteiger partial charge < -0.3 is 0 Å². The Bertz CT molecular complexity index is 509. The van der Waals surface area contributed by atoms with Crippen molar-refractivity contribution in [1.29, 1.82) is 5.26 Å². The first-order valence-electron chi connectivity index (χ1n) is 5.35. The zero-order chi connectivity index (χ0) is 13.7. The van der Waals surface area contributed by atoms with Gasteiger partial charge in [-0.2, -0.15) is 5.26 Å². The summed E-state index contributed by atoms with van der Waals surface area (Å²) in [7, 11) is 0. The van der Waals surface area contributed by atoms with Crippen molar-refractivity contribution < 1.29 is 8.78 Å². The van der Waals surface area contributed by atoms with Crippen LogP contribution in [0.2, 0.25) is 5.02 Å². The Balaban J connectivity index is 3.08. The first-order valence-corrected chi connectivity index (χ1v) is 5.73. The van der Waals surface area contributed by atoms with Crippen LogP contribution in [-0.2, 0) is 0 Å². The van der Waals surface area contributed by atoms with Crippen LogP contribution >= 0.6 is 11.6 Å². The summed E-state index contributed by atoms with van der Waals surface area (Å²) in [6.07, 6.45) is 2.24. The van der Waals surface area contributed by atoms with E-state index in [1.807, 2.05) is 0 Å². The van der Waals surface area contributed by atoms with Crippen molar-refractivity contribution in [3.05, 3.63) is 34.4 Å². The molecule has 0 saturated carbocycles. The molecule has 0 bridgehead atoms. The van der Waals surface area contributed by atoms with Gasteiger partial charge in [-0.25, -0.2) is 8.78 Å². The second-order valence-electron chi connectivity index (χ2n) is 3.63. The third kappa shape index (κ3) is 3.41. The summed E-state index contributed by atoms with van der Waals surface area (Å²) in [5.41, 5.74) is 0.0996. The molecule has 1 N–H and O–H groups in total. The van der Waals surface area contributed by atoms with Crippen molar-refractivity contribution in [2.45, 2.75) is 26.3 Å². The molecule has 0 saturated heterocycles. The summed E-state index contributed by atoms with van der Waals surface area (Å²) < 4.78 is 26.9. The van der Waals surface area contributed by atoms with Crippen LogP contribution in [0.4, 0.5) is 8.78 Å². The van der Waals surface area contributed by atoms with E-state index in [-0.39, 0.29) is 10.6 Å². The minimum Gasteiger partial charge on any atom is -0.281 e. The number of halogens is 3. The Labute approximate surface area is 109 Å². The van der Waals surface area contributed by atoms with E-state index in [9.17, 15) is 8.78 Å². The van der Waals surface area contributed by atoms with E-state index < -0.39 is 17.7 Å². The maximum absolute atomic E-state index is 13.6. The minimum absolute atomic E-state index is 0.0996. The van der Waals surface area contributed by atoms with E-state index in [0.29, 0.717) is 12.3 Å². The van der Waals surface area contributed by atoms with Gasteiger partial charge in [-0.1, -0.05) is 18.5 Å². The number of amidine groups is 1. The molecule has 0 aromatic heterocycles. The molecule has 0 aliphatic heterocycles. The zero-order valence-electron chi connectivity index (χ0n) is 9.97. The van der Waals surface area contributed by atoms with Crippen molar-refractivity contribution in [1.82, 2.24) is 5.32 Å². The number of nitriles is 1. The van der Waals surface area contributed by atoms with Crippen molar-refractivity contribution in [2.75, 3.05) is 0 Å². The molecule has 6 heteroatoms. The molecule has 0 aliphatic carbocycles. The third-order valence-electron chi connectivity index (χ3n) is 2.37. The third-order valence-corrected chi connectivity index (χ3v) is 2.66. The van der Waals surface area contributed by atoms with Crippen LogP contribution in [0, 0.1) is 23.1 Å². The number of rotatable bonds is 3. The fourth-order valence-electron chi connectivity index (χ4n) is 1.44. The van der Waals surface area contributed by atoms with Crippen LogP contribution in [0.5, 0.6) is 0 Å². The average molecular weight is 272 g/mol. The lowest BCUT2D eigenvalue weighted by atomic mass is 10.1. The Hall–Kier alpha value is -1.67. The van der Waals surface area contributed by atoms with Gasteiger partial charge in [0.2, 0.25) is 0 Å². The standard InChI is InChI=1S/C12H12ClF2N3/c1-3-12(17-6-16)18-7(2)8-4-11(15)9(13)5-10(8)14/h4-5,7H,3H2,1-2H3,(H,17,18). The number of aliphatic imine (C=N–C) groups is 1. The monoisotopic (exact) mass is 271 g/mol. The number of hydrogen-bond acceptors (Lipinski definition) is 2. The molecule has 96 valence electrons. The predicted octanol–water partition coefficient (Wildman–Crippen LogP) is 3.56. The number of nitrogens with one attached hydrogen (secondary N) is 1. The fraction of sp³-hybridized carbons (Fsp3) is 0.333. The topological polar surface area (TPSA) is 48.2 Å². The summed E-state index contributed by atoms with van der Waals surface area (Å²) in [6, 6.07) is 1.33. The molecular formula is C12H12ClF2N3. The highest BCUT2D eigenvalue weighted by atomic mass is 35.5. The molecule has 0 radical (unpaired) electrons. The normalized spacial score (nSPS) is 13.0. The molecule has 0 spiro atoms. The number of benzene rings is 1. The molecular weight excluding hydrogens is 260 g/mol. The summed E-state index contributed by atoms with van der Waals surface area (Å²) in [5, 5.41) is 10.6. The summed E-state index contributed by atoms with van der Waals surface area (Å²) in [5.74, 6) is -0.897. The van der Waals surface area contributed by atoms with Crippen molar-refractivity contribution in [3.8, 4) is 6.19 Å². The molecule has 1 rings (SSSR count). The van der Waals surface area contributed by atoms with Gasteiger partial charge in [0, 0.05) is 12.0 Å². The van der Waals surface area contributed by atoms with Crippen LogP contribution in [0.1, 0.15) is 31.9 Å². The van der Waals surface area contributed by atoms with Gasteiger partial charge in [-0.3, -0.25) is 10.3 Å². The molecule has 3 nitrogen and oxygen atoms in total. The van der Waals surface area contributed by atoms with Crippen molar-refractivity contribution in [2.24, 2.45) is 4.99 Å². The van der Waals surface area contributed by atoms with Crippen molar-refractivity contribution in [3.63, 3.8) is 0 Å². The zero-order valence-corrected chi connectivity index (χ0v) is 10.7. The first-order chi connectivity index (χ1) is 8.49. The highest BCUT2D eigenvalue weighted by Gasteiger charge is 2.14. The highest BCUT2D eigenvalue weighted by molar-refractivity contribution is 6.30. The van der Waals surface area contributed by atoms with Crippen molar-refractivity contribution >= 4 is 17.4 Å². The van der Waals surface area contributed by atoms with Gasteiger partial charge in [0.05, 0.1) is 11.1 Å². The molecule has 1 unspecified atom stereocenters. The van der Waals surface area contributed by atoms with Crippen LogP contribution in [0.3, 0.4) is 0 Å². The quantitative estimate of drug-likeness (QED) is 0.300. The Kier molecular flexibility index (Phi) is 5.05. The summed E-state index contributed by atoms with van der Waals surface area (Å²) in [6.45, 7) is 3.41. The lowest BCUT2D eigenvalue weighted by Gasteiger charge is -2.11. The average Bonchev–Trinajstić information content (AvgIpc) is 2.33. The van der Waals surface area contributed by atoms with E-state index in [4.69, 9.17) is 16.9 Å². The molecule has 1 aromatic carbocycles. The van der Waals surface area contributed by atoms with Gasteiger partial charge in [0.15, 0.2) is 6.19 Å². The smallest absolute Gasteiger partial charge is 0.182 e. The molecule has 0 fully saturated rings. The Morgan fingerprint density at radius 1 is 1.50 bits per heavy atom. The first kappa shape index (κ1) is 14.4. The largest absolute Gasteiger partial charge is 0.281 e. The fourth-order valence-corrected chi connectivity index (χ4v) is 1.59. The van der Waals surface area contributed by atoms with E-state index in [1.165, 1.54) is 0 Å². The maximum atomic E-state index is 13.6. The van der Waals surface area contributed by atoms with Crippen LogP contribution < -0.4 is 5.32 Å². The number of hydrogen-bond donors (Lipinski definition) is 1. The van der Waals surface area contributed by atoms with Gasteiger partial charge >= 0.3 is 0 Å². The lowest BCUT2D eigenvalue weighted by molar-refractivity contribution is 0.572. The second kappa shape index (κ2) is 6.31. The Morgan fingerprint density at radius 3 is 2.72 bits per heavy atom. The number of nitrogens with zero attached hydrogens (tertiary/aromatic N) is 2. The van der Waals surface area contributed by atoms with E-state index in [2.05, 4.69) is 10.3 Å². The summed E-state index contributed by atoms with van der Waals surface area (Å²) in [4.78, 5) is 4.12. The molecule has 0 amide bonds. The second-order valence-corrected chi connectivity index (χ2v) is 4.04. The van der Waals surface area contributed by atoms with Gasteiger partial charge in [-0.15, -0.1) is 0 Å². The van der Waals surface area contributed by atoms with E-state index in [1.54, 1.807) is 20.0 Å². The van der Waals surface area contributed by atoms with Crippen LogP contribution in [0.15, 0.2) is 17.1 Å². The molecule has 18 heavy (non-hydrogen) atoms. The highest BCUT2D eigenvalue weighted by Crippen LogP contribution is 2.25. The maximum Gasteiger partial charge on any atom is 0.182 e. The minimum atomic E-state index is -0.693. The van der Waals surface area contributed by atoms with E-state index >= 15 is 0 Å². The van der Waals surface area contributed by atoms with Gasteiger partial charge in [0.25, 0.3) is 0 Å². The molecule has 0 heterocycles. The van der Waals surface area contributed by atoms with E-state index in [0.717, 1.165) is 12.1 Å². The molecule has 1 aromatic rings. The van der Waals surface area contributed by atoms with Gasteiger partial charge in [0.1, 0.15) is 17.5 Å². The van der Waals surface area contributed by atoms with Gasteiger partial charge in [-0.05, 0) is 19.1 Å². The predicted molar refractivity (Wildman–Crippen MR) is 66.3 cm³/mol. The SMILES string of the molecule is CCC(=NC(C)c1cc(F)c(Cl)cc1F)NC#N. The molecule has 0 aliphatic rings.